The highest BCUT2D eigenvalue weighted by molar-refractivity contribution is 5.97. The van der Waals surface area contributed by atoms with Crippen molar-refractivity contribution in [2.75, 3.05) is 12.4 Å². The third-order valence-corrected chi connectivity index (χ3v) is 3.55. The van der Waals surface area contributed by atoms with Gasteiger partial charge in [-0.3, -0.25) is 14.4 Å². The predicted octanol–water partition coefficient (Wildman–Crippen LogP) is 2.68. The SMILES string of the molecule is COC(=O)C[C@H](NC(=O)c1cccc(NC(C)=O)c1)c1ccccc1. The first-order valence-corrected chi connectivity index (χ1v) is 7.80. The Morgan fingerprint density at radius 3 is 2.40 bits per heavy atom. The summed E-state index contributed by atoms with van der Waals surface area (Å²) in [4.78, 5) is 35.4. The van der Waals surface area contributed by atoms with Gasteiger partial charge in [-0.1, -0.05) is 36.4 Å². The number of amides is 2. The molecular weight excluding hydrogens is 320 g/mol. The van der Waals surface area contributed by atoms with Crippen LogP contribution in [-0.2, 0) is 14.3 Å². The summed E-state index contributed by atoms with van der Waals surface area (Å²) in [5.74, 6) is -0.975. The Kier molecular flexibility index (Phi) is 6.28. The smallest absolute Gasteiger partial charge is 0.307 e. The van der Waals surface area contributed by atoms with Gasteiger partial charge in [-0.25, -0.2) is 0 Å². The van der Waals surface area contributed by atoms with Crippen molar-refractivity contribution < 1.29 is 19.1 Å². The molecule has 0 aliphatic rings. The molecule has 0 saturated carbocycles. The van der Waals surface area contributed by atoms with Crippen LogP contribution in [0.4, 0.5) is 5.69 Å². The predicted molar refractivity (Wildman–Crippen MR) is 94.0 cm³/mol. The quantitative estimate of drug-likeness (QED) is 0.792. The maximum absolute atomic E-state index is 12.6. The molecule has 2 aromatic rings. The summed E-state index contributed by atoms with van der Waals surface area (Å²) in [5.41, 5.74) is 1.72. The van der Waals surface area contributed by atoms with Gasteiger partial charge in [-0.2, -0.15) is 0 Å². The van der Waals surface area contributed by atoms with Crippen LogP contribution < -0.4 is 10.6 Å². The fourth-order valence-electron chi connectivity index (χ4n) is 2.37. The Morgan fingerprint density at radius 1 is 1.04 bits per heavy atom. The number of ether oxygens (including phenoxy) is 1. The van der Waals surface area contributed by atoms with Gasteiger partial charge in [0, 0.05) is 18.2 Å². The highest BCUT2D eigenvalue weighted by Crippen LogP contribution is 2.19. The average molecular weight is 340 g/mol. The largest absolute Gasteiger partial charge is 0.469 e. The first kappa shape index (κ1) is 18.2. The van der Waals surface area contributed by atoms with Crippen LogP contribution in [0.5, 0.6) is 0 Å². The van der Waals surface area contributed by atoms with Crippen LogP contribution in [0.2, 0.25) is 0 Å². The van der Waals surface area contributed by atoms with E-state index in [1.54, 1.807) is 24.3 Å². The molecule has 0 bridgehead atoms. The standard InChI is InChI=1S/C19H20N2O4/c1-13(22)20-16-10-6-9-15(11-16)19(24)21-17(12-18(23)25-2)14-7-4-3-5-8-14/h3-11,17H,12H2,1-2H3,(H,20,22)(H,21,24)/t17-/m0/s1. The van der Waals surface area contributed by atoms with Gasteiger partial charge in [-0.05, 0) is 23.8 Å². The lowest BCUT2D eigenvalue weighted by Crippen LogP contribution is -2.30. The van der Waals surface area contributed by atoms with E-state index in [0.29, 0.717) is 11.3 Å². The van der Waals surface area contributed by atoms with Crippen LogP contribution in [0.1, 0.15) is 35.3 Å². The number of esters is 1. The van der Waals surface area contributed by atoms with Gasteiger partial charge in [0.15, 0.2) is 0 Å². The van der Waals surface area contributed by atoms with Gasteiger partial charge in [0.2, 0.25) is 5.91 Å². The third kappa shape index (κ3) is 5.46. The number of nitrogens with one attached hydrogen (secondary N) is 2. The number of carbonyl (C=O) groups excluding carboxylic acids is 3. The van der Waals surface area contributed by atoms with Crippen LogP contribution in [-0.4, -0.2) is 24.9 Å². The van der Waals surface area contributed by atoms with E-state index in [-0.39, 0.29) is 18.2 Å². The number of benzene rings is 2. The first-order chi connectivity index (χ1) is 12.0. The fraction of sp³-hybridized carbons (Fsp3) is 0.211. The van der Waals surface area contributed by atoms with Crippen LogP contribution in [0.15, 0.2) is 54.6 Å². The Balaban J connectivity index is 2.19. The van der Waals surface area contributed by atoms with E-state index in [2.05, 4.69) is 10.6 Å². The van der Waals surface area contributed by atoms with Gasteiger partial charge in [0.05, 0.1) is 19.6 Å². The molecule has 0 radical (unpaired) electrons. The van der Waals surface area contributed by atoms with Gasteiger partial charge >= 0.3 is 5.97 Å². The van der Waals surface area contributed by atoms with E-state index in [1.807, 2.05) is 30.3 Å². The molecule has 2 aromatic carbocycles. The molecule has 2 amide bonds. The molecule has 0 aliphatic carbocycles. The van der Waals surface area contributed by atoms with Crippen molar-refractivity contribution in [1.29, 1.82) is 0 Å². The number of carbonyl (C=O) groups is 3. The van der Waals surface area contributed by atoms with Crippen molar-refractivity contribution in [2.24, 2.45) is 0 Å². The highest BCUT2D eigenvalue weighted by atomic mass is 16.5. The Bertz CT molecular complexity index is 759. The number of methoxy groups -OCH3 is 1. The topological polar surface area (TPSA) is 84.5 Å². The monoisotopic (exact) mass is 340 g/mol. The molecule has 6 nitrogen and oxygen atoms in total. The molecule has 0 unspecified atom stereocenters. The third-order valence-electron chi connectivity index (χ3n) is 3.55. The number of anilines is 1. The maximum atomic E-state index is 12.6. The molecule has 0 aromatic heterocycles. The minimum atomic E-state index is -0.509. The number of hydrogen-bond donors (Lipinski definition) is 2. The zero-order chi connectivity index (χ0) is 18.2. The van der Waals surface area contributed by atoms with Gasteiger partial charge in [-0.15, -0.1) is 0 Å². The summed E-state index contributed by atoms with van der Waals surface area (Å²) >= 11 is 0. The molecule has 1 atom stereocenters. The van der Waals surface area contributed by atoms with E-state index in [9.17, 15) is 14.4 Å². The summed E-state index contributed by atoms with van der Waals surface area (Å²) in [6, 6.07) is 15.3. The summed E-state index contributed by atoms with van der Waals surface area (Å²) in [6.45, 7) is 1.40. The van der Waals surface area contributed by atoms with Crippen LogP contribution >= 0.6 is 0 Å². The fourth-order valence-corrected chi connectivity index (χ4v) is 2.37. The lowest BCUT2D eigenvalue weighted by Gasteiger charge is -2.18. The van der Waals surface area contributed by atoms with Crippen LogP contribution in [0.3, 0.4) is 0 Å². The molecular formula is C19H20N2O4. The highest BCUT2D eigenvalue weighted by Gasteiger charge is 2.19. The molecule has 0 fully saturated rings. The second kappa shape index (κ2) is 8.63. The molecule has 130 valence electrons. The summed E-state index contributed by atoms with van der Waals surface area (Å²) in [7, 11) is 1.31. The Hall–Kier alpha value is -3.15. The molecule has 0 spiro atoms. The van der Waals surface area contributed by atoms with E-state index in [0.717, 1.165) is 5.56 Å². The van der Waals surface area contributed by atoms with Gasteiger partial charge < -0.3 is 15.4 Å². The lowest BCUT2D eigenvalue weighted by atomic mass is 10.0. The minimum Gasteiger partial charge on any atom is -0.469 e. The zero-order valence-corrected chi connectivity index (χ0v) is 14.1. The molecule has 2 rings (SSSR count). The van der Waals surface area contributed by atoms with Crippen molar-refractivity contribution in [1.82, 2.24) is 5.32 Å². The van der Waals surface area contributed by atoms with E-state index in [1.165, 1.54) is 14.0 Å². The summed E-state index contributed by atoms with van der Waals surface area (Å²) in [6.07, 6.45) is 0.0254. The van der Waals surface area contributed by atoms with Crippen LogP contribution in [0.25, 0.3) is 0 Å². The van der Waals surface area contributed by atoms with Crippen molar-refractivity contribution in [3.05, 3.63) is 65.7 Å². The molecule has 2 N–H and O–H groups in total. The molecule has 0 heterocycles. The molecule has 6 heteroatoms. The average Bonchev–Trinajstić information content (AvgIpc) is 2.61. The molecule has 25 heavy (non-hydrogen) atoms. The van der Waals surface area contributed by atoms with Crippen molar-refractivity contribution in [2.45, 2.75) is 19.4 Å². The lowest BCUT2D eigenvalue weighted by molar-refractivity contribution is -0.141. The molecule has 0 aliphatic heterocycles. The van der Waals surface area contributed by atoms with Gasteiger partial charge in [0.25, 0.3) is 5.91 Å². The van der Waals surface area contributed by atoms with Crippen molar-refractivity contribution in [3.63, 3.8) is 0 Å². The first-order valence-electron chi connectivity index (χ1n) is 7.80. The zero-order valence-electron chi connectivity index (χ0n) is 14.1. The molecule has 0 saturated heterocycles. The maximum Gasteiger partial charge on any atom is 0.307 e. The normalized spacial score (nSPS) is 11.3. The Labute approximate surface area is 146 Å². The van der Waals surface area contributed by atoms with E-state index < -0.39 is 12.0 Å². The summed E-state index contributed by atoms with van der Waals surface area (Å²) in [5, 5.41) is 5.48. The van der Waals surface area contributed by atoms with Gasteiger partial charge in [0.1, 0.15) is 0 Å². The minimum absolute atomic E-state index is 0.0254. The van der Waals surface area contributed by atoms with E-state index >= 15 is 0 Å². The van der Waals surface area contributed by atoms with Crippen LogP contribution in [0, 0.1) is 0 Å². The second-order valence-electron chi connectivity index (χ2n) is 5.48. The Morgan fingerprint density at radius 2 is 1.76 bits per heavy atom. The number of rotatable bonds is 6. The second-order valence-corrected chi connectivity index (χ2v) is 5.48. The van der Waals surface area contributed by atoms with E-state index in [4.69, 9.17) is 4.74 Å². The summed E-state index contributed by atoms with van der Waals surface area (Å²) < 4.78 is 4.71. The number of hydrogen-bond acceptors (Lipinski definition) is 4. The van der Waals surface area contributed by atoms with Crippen molar-refractivity contribution >= 4 is 23.5 Å². The van der Waals surface area contributed by atoms with Crippen molar-refractivity contribution in [3.8, 4) is 0 Å².